The van der Waals surface area contributed by atoms with Gasteiger partial charge in [0, 0.05) is 18.1 Å². The van der Waals surface area contributed by atoms with E-state index in [-0.39, 0.29) is 35.8 Å². The maximum atomic E-state index is 13.0. The highest BCUT2D eigenvalue weighted by molar-refractivity contribution is 6.11. The average molecular weight is 439 g/mol. The van der Waals surface area contributed by atoms with E-state index < -0.39 is 17.8 Å². The normalized spacial score (nSPS) is 12.2. The molecule has 0 saturated carbocycles. The lowest BCUT2D eigenvalue weighted by Gasteiger charge is -2.24. The number of benzene rings is 2. The van der Waals surface area contributed by atoms with Crippen molar-refractivity contribution in [2.45, 2.75) is 34.6 Å². The summed E-state index contributed by atoms with van der Waals surface area (Å²) in [4.78, 5) is 36.7. The molecule has 2 aromatic carbocycles. The lowest BCUT2D eigenvalue weighted by atomic mass is 9.94. The van der Waals surface area contributed by atoms with E-state index in [1.54, 1.807) is 19.9 Å². The minimum Gasteiger partial charge on any atom is -0.506 e. The molecule has 0 radical (unpaired) electrons. The summed E-state index contributed by atoms with van der Waals surface area (Å²) in [5, 5.41) is 12.8. The molecule has 168 valence electrons. The van der Waals surface area contributed by atoms with Crippen LogP contribution < -0.4 is 14.8 Å². The Morgan fingerprint density at radius 2 is 1.84 bits per heavy atom. The second kappa shape index (κ2) is 9.13. The number of carbonyl (C=O) groups excluding carboxylic acids is 3. The number of hydrogen-bond donors (Lipinski definition) is 2. The number of rotatable bonds is 5. The lowest BCUT2D eigenvalue weighted by Crippen LogP contribution is -2.23. The van der Waals surface area contributed by atoms with E-state index in [2.05, 4.69) is 5.32 Å². The molecule has 0 aromatic heterocycles. The molecule has 2 aromatic rings. The molecular weight excluding hydrogens is 414 g/mol. The van der Waals surface area contributed by atoms with Crippen molar-refractivity contribution in [1.29, 1.82) is 0 Å². The van der Waals surface area contributed by atoms with Gasteiger partial charge in [-0.2, -0.15) is 0 Å². The Hall–Kier alpha value is -3.81. The van der Waals surface area contributed by atoms with E-state index in [1.807, 2.05) is 13.8 Å². The van der Waals surface area contributed by atoms with Crippen molar-refractivity contribution in [1.82, 2.24) is 0 Å². The van der Waals surface area contributed by atoms with Crippen LogP contribution in [-0.2, 0) is 14.3 Å². The topological polar surface area (TPSA) is 111 Å². The van der Waals surface area contributed by atoms with Crippen molar-refractivity contribution in [3.63, 3.8) is 0 Å². The summed E-state index contributed by atoms with van der Waals surface area (Å²) in [6.45, 7) is 8.61. The van der Waals surface area contributed by atoms with Crippen LogP contribution in [0, 0.1) is 20.8 Å². The molecule has 0 aliphatic carbocycles. The average Bonchev–Trinajstić information content (AvgIpc) is 2.76. The maximum Gasteiger partial charge on any atom is 0.340 e. The third-order valence-corrected chi connectivity index (χ3v) is 5.24. The molecular formula is C24H25NO7. The number of amides is 1. The highest BCUT2D eigenvalue weighted by Crippen LogP contribution is 2.41. The zero-order valence-corrected chi connectivity index (χ0v) is 18.6. The molecule has 1 aliphatic heterocycles. The van der Waals surface area contributed by atoms with Crippen molar-refractivity contribution >= 4 is 29.6 Å². The van der Waals surface area contributed by atoms with E-state index in [1.165, 1.54) is 25.1 Å². The first kappa shape index (κ1) is 22.9. The van der Waals surface area contributed by atoms with Gasteiger partial charge in [0.2, 0.25) is 0 Å². The summed E-state index contributed by atoms with van der Waals surface area (Å²) < 4.78 is 16.3. The van der Waals surface area contributed by atoms with Crippen LogP contribution in [0.1, 0.15) is 46.5 Å². The second-order valence-corrected chi connectivity index (χ2v) is 7.37. The third kappa shape index (κ3) is 4.30. The van der Waals surface area contributed by atoms with Crippen molar-refractivity contribution in [3.05, 3.63) is 51.6 Å². The molecule has 0 atom stereocenters. The first-order chi connectivity index (χ1) is 15.1. The fraction of sp³-hybridized carbons (Fsp3) is 0.292. The molecule has 0 saturated heterocycles. The van der Waals surface area contributed by atoms with Gasteiger partial charge in [-0.1, -0.05) is 6.07 Å². The van der Waals surface area contributed by atoms with Crippen molar-refractivity contribution in [3.8, 4) is 17.2 Å². The van der Waals surface area contributed by atoms with Crippen LogP contribution >= 0.6 is 0 Å². The van der Waals surface area contributed by atoms with Gasteiger partial charge in [0.25, 0.3) is 5.91 Å². The van der Waals surface area contributed by atoms with Crippen molar-refractivity contribution in [2.75, 3.05) is 18.5 Å². The fourth-order valence-electron chi connectivity index (χ4n) is 3.51. The zero-order valence-electron chi connectivity index (χ0n) is 18.6. The Morgan fingerprint density at radius 3 is 2.50 bits per heavy atom. The van der Waals surface area contributed by atoms with Gasteiger partial charge in [-0.25, -0.2) is 4.79 Å². The number of carbonyl (C=O) groups is 3. The number of aromatic hydroxyl groups is 1. The van der Waals surface area contributed by atoms with E-state index >= 15 is 0 Å². The van der Waals surface area contributed by atoms with Crippen molar-refractivity contribution in [2.24, 2.45) is 0 Å². The number of hydrogen-bond acceptors (Lipinski definition) is 7. The second-order valence-electron chi connectivity index (χ2n) is 7.37. The maximum absolute atomic E-state index is 13.0. The Bertz CT molecular complexity index is 1150. The quantitative estimate of drug-likeness (QED) is 0.414. The Labute approximate surface area is 185 Å². The van der Waals surface area contributed by atoms with E-state index in [0.717, 1.165) is 11.1 Å². The molecule has 32 heavy (non-hydrogen) atoms. The number of phenolic OH excluding ortho intramolecular Hbond substituents is 1. The summed E-state index contributed by atoms with van der Waals surface area (Å²) in [5.41, 5.74) is 3.16. The summed E-state index contributed by atoms with van der Waals surface area (Å²) in [7, 11) is 0. The molecule has 8 nitrogen and oxygen atoms in total. The summed E-state index contributed by atoms with van der Waals surface area (Å²) in [6.07, 6.45) is 1.66. The number of fused-ring (bicyclic) bond motifs is 1. The number of ether oxygens (including phenoxy) is 3. The Morgan fingerprint density at radius 1 is 1.12 bits per heavy atom. The first-order valence-electron chi connectivity index (χ1n) is 10.1. The molecule has 0 fully saturated rings. The smallest absolute Gasteiger partial charge is 0.340 e. The molecule has 0 spiro atoms. The highest BCUT2D eigenvalue weighted by Gasteiger charge is 2.26. The van der Waals surface area contributed by atoms with E-state index in [0.29, 0.717) is 22.6 Å². The number of phenols is 1. The number of anilines is 1. The largest absolute Gasteiger partial charge is 0.506 e. The molecule has 8 heteroatoms. The molecule has 0 unspecified atom stereocenters. The number of nitrogens with one attached hydrogen (secondary N) is 1. The lowest BCUT2D eigenvalue weighted by molar-refractivity contribution is -0.132. The minimum atomic E-state index is -0.661. The molecule has 0 bridgehead atoms. The third-order valence-electron chi connectivity index (χ3n) is 5.24. The van der Waals surface area contributed by atoms with Crippen LogP contribution in [0.5, 0.6) is 17.2 Å². The monoisotopic (exact) mass is 439 g/mol. The first-order valence-corrected chi connectivity index (χ1v) is 10.1. The van der Waals surface area contributed by atoms with Crippen LogP contribution in [0.2, 0.25) is 0 Å². The van der Waals surface area contributed by atoms with Gasteiger partial charge < -0.3 is 24.6 Å². The van der Waals surface area contributed by atoms with Gasteiger partial charge in [0.1, 0.15) is 23.9 Å². The Kier molecular flexibility index (Phi) is 6.53. The van der Waals surface area contributed by atoms with E-state index in [9.17, 15) is 19.5 Å². The SMILES string of the molecule is CCOC(=O)c1cccc(O)c1NC(=O)C1=Cc2c(C)c(OC(C)=O)c(C)c(C)c2OC1. The van der Waals surface area contributed by atoms with Gasteiger partial charge in [0.05, 0.1) is 23.4 Å². The van der Waals surface area contributed by atoms with Gasteiger partial charge in [-0.05, 0) is 57.0 Å². The molecule has 1 aliphatic rings. The number of para-hydroxylation sites is 1. The van der Waals surface area contributed by atoms with Crippen LogP contribution in [0.4, 0.5) is 5.69 Å². The van der Waals surface area contributed by atoms with Crippen molar-refractivity contribution < 1.29 is 33.7 Å². The summed E-state index contributed by atoms with van der Waals surface area (Å²) in [6, 6.07) is 4.30. The highest BCUT2D eigenvalue weighted by atomic mass is 16.5. The molecule has 1 heterocycles. The zero-order chi connectivity index (χ0) is 23.6. The summed E-state index contributed by atoms with van der Waals surface area (Å²) >= 11 is 0. The summed E-state index contributed by atoms with van der Waals surface area (Å²) in [5.74, 6) is -0.871. The number of esters is 2. The van der Waals surface area contributed by atoms with Gasteiger partial charge in [0.15, 0.2) is 0 Å². The van der Waals surface area contributed by atoms with Gasteiger partial charge in [-0.15, -0.1) is 0 Å². The standard InChI is InChI=1S/C24H25NO7/c1-6-30-24(29)17-8-7-9-19(27)20(17)25-23(28)16-10-18-14(4)21(32-15(5)26)12(2)13(3)22(18)31-11-16/h7-10,27H,6,11H2,1-5H3,(H,25,28). The predicted molar refractivity (Wildman–Crippen MR) is 118 cm³/mol. The molecule has 3 rings (SSSR count). The van der Waals surface area contributed by atoms with Crippen LogP contribution in [0.15, 0.2) is 23.8 Å². The minimum absolute atomic E-state index is 0.00615. The fourth-order valence-corrected chi connectivity index (χ4v) is 3.51. The van der Waals surface area contributed by atoms with Gasteiger partial charge >= 0.3 is 11.9 Å². The van der Waals surface area contributed by atoms with Gasteiger partial charge in [-0.3, -0.25) is 9.59 Å². The molecule has 1 amide bonds. The van der Waals surface area contributed by atoms with E-state index in [4.69, 9.17) is 14.2 Å². The predicted octanol–water partition coefficient (Wildman–Crippen LogP) is 3.83. The van der Waals surface area contributed by atoms with Crippen LogP contribution in [0.25, 0.3) is 6.08 Å². The molecule has 2 N–H and O–H groups in total. The van der Waals surface area contributed by atoms with Crippen LogP contribution in [-0.4, -0.2) is 36.2 Å². The Balaban J connectivity index is 1.99. The van der Waals surface area contributed by atoms with Crippen LogP contribution in [0.3, 0.4) is 0 Å².